The van der Waals surface area contributed by atoms with Gasteiger partial charge >= 0.3 is 0 Å². The number of nitrogens with zero attached hydrogens (tertiary/aromatic N) is 2. The van der Waals surface area contributed by atoms with Crippen molar-refractivity contribution in [2.45, 2.75) is 6.54 Å². The van der Waals surface area contributed by atoms with Crippen LogP contribution in [0.4, 0.5) is 0 Å². The van der Waals surface area contributed by atoms with Gasteiger partial charge in [-0.3, -0.25) is 4.79 Å². The summed E-state index contributed by atoms with van der Waals surface area (Å²) in [5.74, 6) is -0.147. The average molecular weight is 312 g/mol. The first-order valence-electron chi connectivity index (χ1n) is 6.86. The van der Waals surface area contributed by atoms with Gasteiger partial charge in [0.1, 0.15) is 0 Å². The van der Waals surface area contributed by atoms with Gasteiger partial charge in [-0.25, -0.2) is 4.68 Å². The topological polar surface area (TPSA) is 46.9 Å². The number of carbonyl (C=O) groups is 1. The van der Waals surface area contributed by atoms with E-state index in [-0.39, 0.29) is 5.91 Å². The first kappa shape index (κ1) is 14.4. The van der Waals surface area contributed by atoms with E-state index in [0.29, 0.717) is 17.1 Å². The lowest BCUT2D eigenvalue weighted by Gasteiger charge is -2.10. The van der Waals surface area contributed by atoms with Crippen molar-refractivity contribution in [3.8, 4) is 5.69 Å². The van der Waals surface area contributed by atoms with Crippen LogP contribution in [-0.4, -0.2) is 15.7 Å². The van der Waals surface area contributed by atoms with Crippen LogP contribution in [0.5, 0.6) is 0 Å². The van der Waals surface area contributed by atoms with Gasteiger partial charge in [0.15, 0.2) is 0 Å². The van der Waals surface area contributed by atoms with Crippen molar-refractivity contribution in [1.29, 1.82) is 0 Å². The van der Waals surface area contributed by atoms with E-state index in [0.717, 1.165) is 11.3 Å². The van der Waals surface area contributed by atoms with Gasteiger partial charge in [0.05, 0.1) is 11.3 Å². The van der Waals surface area contributed by atoms with E-state index in [9.17, 15) is 4.79 Å². The number of carbonyl (C=O) groups excluding carboxylic acids is 1. The predicted octanol–water partition coefficient (Wildman–Crippen LogP) is 3.46. The molecular weight excluding hydrogens is 298 g/mol. The lowest BCUT2D eigenvalue weighted by molar-refractivity contribution is 0.0951. The second-order valence-corrected chi connectivity index (χ2v) is 5.22. The highest BCUT2D eigenvalue weighted by molar-refractivity contribution is 6.30. The Bertz CT molecular complexity index is 784. The molecular formula is C17H14ClN3O. The highest BCUT2D eigenvalue weighted by Crippen LogP contribution is 2.14. The van der Waals surface area contributed by atoms with Crippen molar-refractivity contribution in [2.75, 3.05) is 0 Å². The van der Waals surface area contributed by atoms with Gasteiger partial charge in [-0.15, -0.1) is 0 Å². The van der Waals surface area contributed by atoms with Crippen LogP contribution in [0.2, 0.25) is 5.02 Å². The zero-order valence-electron chi connectivity index (χ0n) is 11.7. The van der Waals surface area contributed by atoms with Gasteiger partial charge < -0.3 is 5.32 Å². The van der Waals surface area contributed by atoms with E-state index in [2.05, 4.69) is 10.4 Å². The third-order valence-electron chi connectivity index (χ3n) is 3.24. The third-order valence-corrected chi connectivity index (χ3v) is 3.48. The standard InChI is InChI=1S/C17H14ClN3O/c18-14-6-3-5-13(11-14)12-19-17(22)15-7-1-2-8-16(15)21-10-4-9-20-21/h1-11H,12H2,(H,19,22). The Balaban J connectivity index is 1.78. The largest absolute Gasteiger partial charge is 0.348 e. The SMILES string of the molecule is O=C(NCc1cccc(Cl)c1)c1ccccc1-n1cccn1. The average Bonchev–Trinajstić information content (AvgIpc) is 3.07. The lowest BCUT2D eigenvalue weighted by atomic mass is 10.1. The molecule has 1 aromatic heterocycles. The molecule has 0 aliphatic carbocycles. The van der Waals surface area contributed by atoms with E-state index >= 15 is 0 Å². The predicted molar refractivity (Wildman–Crippen MR) is 86.2 cm³/mol. The van der Waals surface area contributed by atoms with Gasteiger partial charge in [-0.1, -0.05) is 35.9 Å². The Morgan fingerprint density at radius 1 is 1.14 bits per heavy atom. The minimum absolute atomic E-state index is 0.147. The molecule has 0 aliphatic rings. The van der Waals surface area contributed by atoms with Crippen LogP contribution in [0, 0.1) is 0 Å². The molecule has 5 heteroatoms. The number of para-hydroxylation sites is 1. The Hall–Kier alpha value is -2.59. The van der Waals surface area contributed by atoms with E-state index < -0.39 is 0 Å². The maximum absolute atomic E-state index is 12.4. The summed E-state index contributed by atoms with van der Waals surface area (Å²) in [6, 6.07) is 16.6. The van der Waals surface area contributed by atoms with Crippen molar-refractivity contribution in [2.24, 2.45) is 0 Å². The molecule has 110 valence electrons. The monoisotopic (exact) mass is 311 g/mol. The molecule has 3 aromatic rings. The van der Waals surface area contributed by atoms with E-state index in [1.54, 1.807) is 23.0 Å². The van der Waals surface area contributed by atoms with E-state index in [4.69, 9.17) is 11.6 Å². The van der Waals surface area contributed by atoms with Crippen molar-refractivity contribution >= 4 is 17.5 Å². The van der Waals surface area contributed by atoms with Crippen LogP contribution in [0.1, 0.15) is 15.9 Å². The second kappa shape index (κ2) is 6.45. The van der Waals surface area contributed by atoms with Crippen LogP contribution in [0.15, 0.2) is 67.0 Å². The molecule has 0 aliphatic heterocycles. The summed E-state index contributed by atoms with van der Waals surface area (Å²) in [5.41, 5.74) is 2.28. The molecule has 0 atom stereocenters. The zero-order valence-corrected chi connectivity index (χ0v) is 12.5. The number of benzene rings is 2. The van der Waals surface area contributed by atoms with Crippen LogP contribution >= 0.6 is 11.6 Å². The fourth-order valence-corrected chi connectivity index (χ4v) is 2.41. The lowest BCUT2D eigenvalue weighted by Crippen LogP contribution is -2.24. The second-order valence-electron chi connectivity index (χ2n) is 4.78. The van der Waals surface area contributed by atoms with Gasteiger partial charge in [-0.2, -0.15) is 5.10 Å². The maximum Gasteiger partial charge on any atom is 0.253 e. The normalized spacial score (nSPS) is 10.4. The molecule has 0 saturated heterocycles. The first-order valence-corrected chi connectivity index (χ1v) is 7.23. The molecule has 3 rings (SSSR count). The summed E-state index contributed by atoms with van der Waals surface area (Å²) in [5, 5.41) is 7.74. The van der Waals surface area contributed by atoms with Crippen molar-refractivity contribution in [3.63, 3.8) is 0 Å². The number of rotatable bonds is 4. The molecule has 0 radical (unpaired) electrons. The summed E-state index contributed by atoms with van der Waals surface area (Å²) in [4.78, 5) is 12.4. The quantitative estimate of drug-likeness (QED) is 0.802. The molecule has 2 aromatic carbocycles. The van der Waals surface area contributed by atoms with Crippen molar-refractivity contribution in [3.05, 3.63) is 83.1 Å². The molecule has 0 fully saturated rings. The Morgan fingerprint density at radius 3 is 2.77 bits per heavy atom. The number of halogens is 1. The highest BCUT2D eigenvalue weighted by atomic mass is 35.5. The molecule has 1 N–H and O–H groups in total. The fraction of sp³-hybridized carbons (Fsp3) is 0.0588. The third kappa shape index (κ3) is 3.18. The Labute approximate surface area is 133 Å². The van der Waals surface area contributed by atoms with Crippen molar-refractivity contribution < 1.29 is 4.79 Å². The molecule has 0 spiro atoms. The Morgan fingerprint density at radius 2 is 2.00 bits per heavy atom. The van der Waals surface area contributed by atoms with Gasteiger partial charge in [0.2, 0.25) is 0 Å². The number of amides is 1. The molecule has 0 saturated carbocycles. The molecule has 0 bridgehead atoms. The van der Waals surface area contributed by atoms with E-state index in [1.807, 2.05) is 48.7 Å². The fourth-order valence-electron chi connectivity index (χ4n) is 2.20. The summed E-state index contributed by atoms with van der Waals surface area (Å²) in [6.07, 6.45) is 3.49. The summed E-state index contributed by atoms with van der Waals surface area (Å²) >= 11 is 5.95. The summed E-state index contributed by atoms with van der Waals surface area (Å²) in [6.45, 7) is 0.423. The number of hydrogen-bond acceptors (Lipinski definition) is 2. The zero-order chi connectivity index (χ0) is 15.4. The van der Waals surface area contributed by atoms with Crippen molar-refractivity contribution in [1.82, 2.24) is 15.1 Å². The smallest absolute Gasteiger partial charge is 0.253 e. The van der Waals surface area contributed by atoms with Crippen LogP contribution in [-0.2, 0) is 6.54 Å². The summed E-state index contributed by atoms with van der Waals surface area (Å²) in [7, 11) is 0. The van der Waals surface area contributed by atoms with E-state index in [1.165, 1.54) is 0 Å². The minimum atomic E-state index is -0.147. The molecule has 0 unspecified atom stereocenters. The molecule has 22 heavy (non-hydrogen) atoms. The van der Waals surface area contributed by atoms with Gasteiger partial charge in [0, 0.05) is 24.0 Å². The minimum Gasteiger partial charge on any atom is -0.348 e. The molecule has 1 amide bonds. The highest BCUT2D eigenvalue weighted by Gasteiger charge is 2.12. The number of hydrogen-bond donors (Lipinski definition) is 1. The summed E-state index contributed by atoms with van der Waals surface area (Å²) < 4.78 is 1.67. The van der Waals surface area contributed by atoms with Gasteiger partial charge in [-0.05, 0) is 35.9 Å². The first-order chi connectivity index (χ1) is 10.7. The molecule has 1 heterocycles. The maximum atomic E-state index is 12.4. The Kier molecular flexibility index (Phi) is 4.21. The number of aromatic nitrogens is 2. The number of nitrogens with one attached hydrogen (secondary N) is 1. The molecule has 4 nitrogen and oxygen atoms in total. The van der Waals surface area contributed by atoms with Crippen LogP contribution in [0.3, 0.4) is 0 Å². The van der Waals surface area contributed by atoms with Gasteiger partial charge in [0.25, 0.3) is 5.91 Å². The van der Waals surface area contributed by atoms with Crippen LogP contribution < -0.4 is 5.32 Å². The van der Waals surface area contributed by atoms with Crippen LogP contribution in [0.25, 0.3) is 5.69 Å².